The fourth-order valence-electron chi connectivity index (χ4n) is 1.72. The van der Waals surface area contributed by atoms with E-state index in [1.54, 1.807) is 48.5 Å². The van der Waals surface area contributed by atoms with Gasteiger partial charge >= 0.3 is 12.2 Å². The van der Waals surface area contributed by atoms with Gasteiger partial charge in [0.2, 0.25) is 6.79 Å². The van der Waals surface area contributed by atoms with Crippen molar-refractivity contribution in [3.8, 4) is 0 Å². The van der Waals surface area contributed by atoms with E-state index in [0.29, 0.717) is 11.4 Å². The number of primary amides is 1. The second-order valence-corrected chi connectivity index (χ2v) is 4.00. The molecule has 0 fully saturated rings. The fourth-order valence-corrected chi connectivity index (χ4v) is 1.72. The molecule has 0 unspecified atom stereocenters. The highest BCUT2D eigenvalue weighted by Crippen LogP contribution is 2.25. The van der Waals surface area contributed by atoms with E-state index < -0.39 is 19.0 Å². The third kappa shape index (κ3) is 3.97. The summed E-state index contributed by atoms with van der Waals surface area (Å²) >= 11 is 0. The molecule has 0 heterocycles. The molecule has 2 N–H and O–H groups in total. The van der Waals surface area contributed by atoms with Crippen LogP contribution < -0.4 is 10.6 Å². The average molecular weight is 286 g/mol. The zero-order chi connectivity index (χ0) is 15.1. The van der Waals surface area contributed by atoms with Gasteiger partial charge in [-0.25, -0.2) is 14.5 Å². The van der Waals surface area contributed by atoms with Gasteiger partial charge < -0.3 is 15.2 Å². The summed E-state index contributed by atoms with van der Waals surface area (Å²) in [5, 5.41) is 0. The number of para-hydroxylation sites is 2. The van der Waals surface area contributed by atoms with Crippen molar-refractivity contribution in [2.24, 2.45) is 5.73 Å². The summed E-state index contributed by atoms with van der Waals surface area (Å²) in [6.07, 6.45) is -1.68. The third-order valence-corrected chi connectivity index (χ3v) is 2.59. The highest BCUT2D eigenvalue weighted by molar-refractivity contribution is 5.95. The Morgan fingerprint density at radius 3 is 1.76 bits per heavy atom. The Balaban J connectivity index is 2.21. The number of carbonyl (C=O) groups excluding carboxylic acids is 2. The summed E-state index contributed by atoms with van der Waals surface area (Å²) in [5.74, 6) is 0. The molecule has 6 nitrogen and oxygen atoms in total. The van der Waals surface area contributed by atoms with Crippen LogP contribution in [-0.4, -0.2) is 19.0 Å². The number of hydrogen-bond acceptors (Lipinski definition) is 4. The quantitative estimate of drug-likeness (QED) is 0.876. The fraction of sp³-hybridized carbons (Fsp3) is 0.0667. The minimum atomic E-state index is -1.01. The lowest BCUT2D eigenvalue weighted by atomic mass is 10.2. The Morgan fingerprint density at radius 2 is 1.33 bits per heavy atom. The minimum Gasteiger partial charge on any atom is -0.412 e. The van der Waals surface area contributed by atoms with Crippen LogP contribution in [0.5, 0.6) is 0 Å². The van der Waals surface area contributed by atoms with Crippen molar-refractivity contribution in [2.75, 3.05) is 11.7 Å². The van der Waals surface area contributed by atoms with E-state index in [1.165, 1.54) is 4.90 Å². The van der Waals surface area contributed by atoms with Crippen LogP contribution in [-0.2, 0) is 9.47 Å². The molecule has 2 amide bonds. The normalized spacial score (nSPS) is 9.71. The van der Waals surface area contributed by atoms with E-state index in [1.807, 2.05) is 12.1 Å². The summed E-state index contributed by atoms with van der Waals surface area (Å²) in [6.45, 7) is -0.537. The van der Waals surface area contributed by atoms with Crippen LogP contribution in [0.3, 0.4) is 0 Å². The summed E-state index contributed by atoms with van der Waals surface area (Å²) in [5.41, 5.74) is 6.08. The number of rotatable bonds is 4. The van der Waals surface area contributed by atoms with Crippen molar-refractivity contribution in [1.29, 1.82) is 0 Å². The van der Waals surface area contributed by atoms with Gasteiger partial charge in [0.1, 0.15) is 0 Å². The first kappa shape index (κ1) is 14.4. The first-order valence-electron chi connectivity index (χ1n) is 6.17. The van der Waals surface area contributed by atoms with Gasteiger partial charge in [0.05, 0.1) is 11.4 Å². The minimum absolute atomic E-state index is 0.537. The van der Waals surface area contributed by atoms with Crippen molar-refractivity contribution < 1.29 is 19.1 Å². The number of nitrogens with zero attached hydrogens (tertiary/aromatic N) is 1. The van der Waals surface area contributed by atoms with E-state index in [2.05, 4.69) is 4.74 Å². The number of carbonyl (C=O) groups is 2. The van der Waals surface area contributed by atoms with Crippen molar-refractivity contribution in [3.05, 3.63) is 60.7 Å². The second-order valence-electron chi connectivity index (χ2n) is 4.00. The third-order valence-electron chi connectivity index (χ3n) is 2.59. The molecule has 0 aliphatic heterocycles. The lowest BCUT2D eigenvalue weighted by Crippen LogP contribution is -2.28. The van der Waals surface area contributed by atoms with Crippen LogP contribution in [0, 0.1) is 0 Å². The Bertz CT molecular complexity index is 562. The molecule has 2 aromatic rings. The summed E-state index contributed by atoms with van der Waals surface area (Å²) < 4.78 is 9.29. The highest BCUT2D eigenvalue weighted by Gasteiger charge is 2.19. The average Bonchev–Trinajstić information content (AvgIpc) is 2.49. The molecule has 2 rings (SSSR count). The molecule has 108 valence electrons. The summed E-state index contributed by atoms with van der Waals surface area (Å²) in [7, 11) is 0. The number of benzene rings is 2. The second kappa shape index (κ2) is 6.95. The zero-order valence-electron chi connectivity index (χ0n) is 11.1. The van der Waals surface area contributed by atoms with E-state index >= 15 is 0 Å². The molecular formula is C15H14N2O4. The number of nitrogens with two attached hydrogens (primary N) is 1. The molecule has 0 aromatic heterocycles. The molecule has 0 bridgehead atoms. The smallest absolute Gasteiger partial charge is 0.412 e. The molecule has 0 saturated carbocycles. The predicted octanol–water partition coefficient (Wildman–Crippen LogP) is 3.01. The maximum Gasteiger partial charge on any atom is 0.421 e. The molecular weight excluding hydrogens is 272 g/mol. The molecule has 2 aromatic carbocycles. The maximum absolute atomic E-state index is 12.2. The molecule has 0 saturated heterocycles. The first-order chi connectivity index (χ1) is 10.2. The Hall–Kier alpha value is -3.02. The lowest BCUT2D eigenvalue weighted by Gasteiger charge is -2.22. The number of hydrogen-bond donors (Lipinski definition) is 1. The van der Waals surface area contributed by atoms with E-state index in [0.717, 1.165) is 0 Å². The lowest BCUT2D eigenvalue weighted by molar-refractivity contribution is 0.0327. The first-order valence-corrected chi connectivity index (χ1v) is 6.17. The van der Waals surface area contributed by atoms with E-state index in [-0.39, 0.29) is 0 Å². The molecule has 0 atom stereocenters. The van der Waals surface area contributed by atoms with Crippen molar-refractivity contribution >= 4 is 23.6 Å². The largest absolute Gasteiger partial charge is 0.421 e. The van der Waals surface area contributed by atoms with Gasteiger partial charge in [0, 0.05) is 0 Å². The zero-order valence-corrected chi connectivity index (χ0v) is 11.1. The van der Waals surface area contributed by atoms with Gasteiger partial charge in [-0.2, -0.15) is 0 Å². The van der Waals surface area contributed by atoms with Gasteiger partial charge in [-0.3, -0.25) is 0 Å². The molecule has 0 radical (unpaired) electrons. The van der Waals surface area contributed by atoms with Gasteiger partial charge in [-0.1, -0.05) is 36.4 Å². The maximum atomic E-state index is 12.2. The van der Waals surface area contributed by atoms with E-state index in [9.17, 15) is 9.59 Å². The molecule has 21 heavy (non-hydrogen) atoms. The van der Waals surface area contributed by atoms with Crippen LogP contribution in [0.1, 0.15) is 0 Å². The summed E-state index contributed by atoms with van der Waals surface area (Å²) in [4.78, 5) is 24.0. The Labute approximate surface area is 121 Å². The molecule has 0 spiro atoms. The highest BCUT2D eigenvalue weighted by atomic mass is 16.7. The number of anilines is 2. The van der Waals surface area contributed by atoms with Crippen LogP contribution in [0.4, 0.5) is 21.0 Å². The molecule has 6 heteroatoms. The van der Waals surface area contributed by atoms with Gasteiger partial charge in [0.15, 0.2) is 0 Å². The Morgan fingerprint density at radius 1 is 0.857 bits per heavy atom. The van der Waals surface area contributed by atoms with E-state index in [4.69, 9.17) is 10.5 Å². The van der Waals surface area contributed by atoms with Crippen molar-refractivity contribution in [2.45, 2.75) is 0 Å². The molecule has 0 aliphatic rings. The van der Waals surface area contributed by atoms with Gasteiger partial charge in [0.25, 0.3) is 0 Å². The topological polar surface area (TPSA) is 81.9 Å². The predicted molar refractivity (Wildman–Crippen MR) is 77.0 cm³/mol. The number of amides is 2. The van der Waals surface area contributed by atoms with Gasteiger partial charge in [-0.15, -0.1) is 0 Å². The van der Waals surface area contributed by atoms with Crippen molar-refractivity contribution in [1.82, 2.24) is 0 Å². The Kier molecular flexibility index (Phi) is 4.76. The SMILES string of the molecule is NC(=O)OCOC(=O)N(c1ccccc1)c1ccccc1. The van der Waals surface area contributed by atoms with Gasteiger partial charge in [-0.05, 0) is 24.3 Å². The van der Waals surface area contributed by atoms with Crippen molar-refractivity contribution in [3.63, 3.8) is 0 Å². The van der Waals surface area contributed by atoms with Crippen LogP contribution in [0.2, 0.25) is 0 Å². The standard InChI is InChI=1S/C15H14N2O4/c16-14(18)20-11-21-15(19)17(12-7-3-1-4-8-12)13-9-5-2-6-10-13/h1-10H,11H2,(H2,16,18). The van der Waals surface area contributed by atoms with Crippen LogP contribution in [0.25, 0.3) is 0 Å². The number of ether oxygens (including phenoxy) is 2. The summed E-state index contributed by atoms with van der Waals surface area (Å²) in [6, 6.07) is 18.0. The molecule has 0 aliphatic carbocycles. The van der Waals surface area contributed by atoms with Crippen LogP contribution >= 0.6 is 0 Å². The van der Waals surface area contributed by atoms with Crippen LogP contribution in [0.15, 0.2) is 60.7 Å². The monoisotopic (exact) mass is 286 g/mol.